The van der Waals surface area contributed by atoms with Crippen LogP contribution in [0.15, 0.2) is 29.5 Å². The quantitative estimate of drug-likeness (QED) is 0.695. The number of aromatic nitrogens is 5. The van der Waals surface area contributed by atoms with Crippen molar-refractivity contribution in [3.63, 3.8) is 0 Å². The number of pyridine rings is 1. The summed E-state index contributed by atoms with van der Waals surface area (Å²) in [5.74, 6) is 1.79. The minimum Gasteiger partial charge on any atom is -0.360 e. The number of hydrogen-bond donors (Lipinski definition) is 2. The SMILES string of the molecule is CC(C)n1c(C2C(C3CC3)CCN2C(=O)Cc2c[nH]c3cnccc23)n[nH]c1=O. The number of amides is 1. The number of nitrogens with one attached hydrogen (secondary N) is 2. The van der Waals surface area contributed by atoms with Crippen LogP contribution in [0.1, 0.15) is 56.6 Å². The maximum absolute atomic E-state index is 13.4. The molecule has 2 aliphatic rings. The number of carbonyl (C=O) groups excluding carboxylic acids is 1. The third-order valence-corrected chi connectivity index (χ3v) is 6.42. The molecule has 3 aromatic rings. The van der Waals surface area contributed by atoms with Crippen LogP contribution in [-0.2, 0) is 11.2 Å². The maximum atomic E-state index is 13.4. The van der Waals surface area contributed by atoms with Crippen molar-refractivity contribution in [2.45, 2.75) is 51.6 Å². The maximum Gasteiger partial charge on any atom is 0.343 e. The minimum absolute atomic E-state index is 0.00484. The highest BCUT2D eigenvalue weighted by atomic mass is 16.2. The van der Waals surface area contributed by atoms with Gasteiger partial charge in [0, 0.05) is 30.4 Å². The van der Waals surface area contributed by atoms with Crippen LogP contribution in [0.5, 0.6) is 0 Å². The summed E-state index contributed by atoms with van der Waals surface area (Å²) in [5, 5.41) is 8.02. The van der Waals surface area contributed by atoms with Crippen molar-refractivity contribution in [1.29, 1.82) is 0 Å². The molecule has 152 valence electrons. The van der Waals surface area contributed by atoms with Crippen molar-refractivity contribution < 1.29 is 4.79 Å². The van der Waals surface area contributed by atoms with E-state index in [2.05, 4.69) is 20.2 Å². The number of H-pyrrole nitrogens is 2. The zero-order chi connectivity index (χ0) is 20.1. The van der Waals surface area contributed by atoms with Gasteiger partial charge in [-0.1, -0.05) is 0 Å². The summed E-state index contributed by atoms with van der Waals surface area (Å²) in [4.78, 5) is 35.0. The Kier molecular flexibility index (Phi) is 4.29. The fraction of sp³-hybridized carbons (Fsp3) is 0.524. The van der Waals surface area contributed by atoms with Gasteiger partial charge in [-0.2, -0.15) is 5.10 Å². The topological polar surface area (TPSA) is 99.7 Å². The predicted octanol–water partition coefficient (Wildman–Crippen LogP) is 2.57. The Bertz CT molecular complexity index is 1110. The molecule has 1 aliphatic carbocycles. The third-order valence-electron chi connectivity index (χ3n) is 6.42. The second-order valence-electron chi connectivity index (χ2n) is 8.58. The highest BCUT2D eigenvalue weighted by Crippen LogP contribution is 2.50. The average Bonchev–Trinajstić information content (AvgIpc) is 3.15. The Balaban J connectivity index is 1.48. The summed E-state index contributed by atoms with van der Waals surface area (Å²) in [7, 11) is 0. The van der Waals surface area contributed by atoms with Crippen molar-refractivity contribution in [1.82, 2.24) is 29.6 Å². The second kappa shape index (κ2) is 6.86. The monoisotopic (exact) mass is 394 g/mol. The van der Waals surface area contributed by atoms with Gasteiger partial charge in [0.15, 0.2) is 5.82 Å². The first kappa shape index (κ1) is 18.1. The van der Waals surface area contributed by atoms with E-state index < -0.39 is 0 Å². The van der Waals surface area contributed by atoms with Gasteiger partial charge in [0.05, 0.1) is 24.2 Å². The van der Waals surface area contributed by atoms with Gasteiger partial charge in [-0.15, -0.1) is 0 Å². The molecule has 8 heteroatoms. The molecule has 1 saturated carbocycles. The molecule has 8 nitrogen and oxygen atoms in total. The third kappa shape index (κ3) is 3.07. The molecule has 2 N–H and O–H groups in total. The first-order valence-electron chi connectivity index (χ1n) is 10.4. The molecular formula is C21H26N6O2. The van der Waals surface area contributed by atoms with Gasteiger partial charge in [0.1, 0.15) is 0 Å². The smallest absolute Gasteiger partial charge is 0.343 e. The van der Waals surface area contributed by atoms with Gasteiger partial charge >= 0.3 is 5.69 Å². The number of rotatable bonds is 5. The summed E-state index contributed by atoms with van der Waals surface area (Å²) in [6.45, 7) is 4.68. The van der Waals surface area contributed by atoms with E-state index in [9.17, 15) is 9.59 Å². The van der Waals surface area contributed by atoms with Gasteiger partial charge in [0.2, 0.25) is 5.91 Å². The Hall–Kier alpha value is -2.90. The number of hydrogen-bond acceptors (Lipinski definition) is 4. The molecule has 4 heterocycles. The van der Waals surface area contributed by atoms with Gasteiger partial charge in [0.25, 0.3) is 0 Å². The summed E-state index contributed by atoms with van der Waals surface area (Å²) in [5.41, 5.74) is 1.71. The Morgan fingerprint density at radius 3 is 2.90 bits per heavy atom. The lowest BCUT2D eigenvalue weighted by atomic mass is 9.94. The fourth-order valence-corrected chi connectivity index (χ4v) is 4.91. The standard InChI is InChI=1S/C21H26N6O2/c1-12(2)27-20(24-25-21(27)29)19-16(13-3-4-13)6-8-26(19)18(28)9-14-10-23-17-11-22-7-5-15(14)17/h5,7,10-13,16,19,23H,3-4,6,8-9H2,1-2H3,(H,25,29). The molecule has 0 radical (unpaired) electrons. The van der Waals surface area contributed by atoms with Gasteiger partial charge in [-0.05, 0) is 56.6 Å². The van der Waals surface area contributed by atoms with Gasteiger partial charge in [-0.3, -0.25) is 14.3 Å². The van der Waals surface area contributed by atoms with E-state index in [-0.39, 0.29) is 23.7 Å². The summed E-state index contributed by atoms with van der Waals surface area (Å²) < 4.78 is 1.71. The van der Waals surface area contributed by atoms with Crippen molar-refractivity contribution in [2.24, 2.45) is 11.8 Å². The highest BCUT2D eigenvalue weighted by Gasteiger charge is 2.47. The van der Waals surface area contributed by atoms with E-state index in [1.807, 2.05) is 31.0 Å². The molecule has 29 heavy (non-hydrogen) atoms. The zero-order valence-electron chi connectivity index (χ0n) is 16.8. The van der Waals surface area contributed by atoms with E-state index in [1.165, 1.54) is 12.8 Å². The van der Waals surface area contributed by atoms with Gasteiger partial charge in [-0.25, -0.2) is 9.89 Å². The van der Waals surface area contributed by atoms with Crippen LogP contribution in [0.2, 0.25) is 0 Å². The van der Waals surface area contributed by atoms with E-state index in [0.717, 1.165) is 22.9 Å². The van der Waals surface area contributed by atoms with E-state index in [1.54, 1.807) is 17.0 Å². The summed E-state index contributed by atoms with van der Waals surface area (Å²) in [6, 6.07) is 1.80. The Morgan fingerprint density at radius 2 is 2.14 bits per heavy atom. The van der Waals surface area contributed by atoms with Gasteiger partial charge < -0.3 is 9.88 Å². The fourth-order valence-electron chi connectivity index (χ4n) is 4.91. The molecule has 0 aromatic carbocycles. The van der Waals surface area contributed by atoms with Crippen molar-refractivity contribution in [3.05, 3.63) is 46.5 Å². The number of likely N-dealkylation sites (tertiary alicyclic amines) is 1. The molecule has 2 atom stereocenters. The lowest BCUT2D eigenvalue weighted by molar-refractivity contribution is -0.132. The van der Waals surface area contributed by atoms with E-state index in [4.69, 9.17) is 0 Å². The zero-order valence-corrected chi connectivity index (χ0v) is 16.8. The largest absolute Gasteiger partial charge is 0.360 e. The lowest BCUT2D eigenvalue weighted by Gasteiger charge is -2.28. The van der Waals surface area contributed by atoms with Crippen molar-refractivity contribution >= 4 is 16.8 Å². The van der Waals surface area contributed by atoms with Crippen molar-refractivity contribution in [3.8, 4) is 0 Å². The second-order valence-corrected chi connectivity index (χ2v) is 8.58. The average molecular weight is 394 g/mol. The molecule has 1 aliphatic heterocycles. The first-order chi connectivity index (χ1) is 14.0. The van der Waals surface area contributed by atoms with Crippen LogP contribution in [0, 0.1) is 11.8 Å². The minimum atomic E-state index is -0.201. The molecule has 5 rings (SSSR count). The molecule has 1 amide bonds. The molecule has 2 unspecified atom stereocenters. The lowest BCUT2D eigenvalue weighted by Crippen LogP contribution is -2.36. The normalized spacial score (nSPS) is 22.1. The number of nitrogens with zero attached hydrogens (tertiary/aromatic N) is 4. The molecule has 0 bridgehead atoms. The summed E-state index contributed by atoms with van der Waals surface area (Å²) in [6.07, 6.45) is 9.12. The Labute approximate surface area is 168 Å². The molecule has 1 saturated heterocycles. The molecule has 0 spiro atoms. The van der Waals surface area contributed by atoms with Crippen LogP contribution < -0.4 is 5.69 Å². The molecular weight excluding hydrogens is 368 g/mol. The van der Waals surface area contributed by atoms with Crippen LogP contribution >= 0.6 is 0 Å². The van der Waals surface area contributed by atoms with Crippen LogP contribution in [0.4, 0.5) is 0 Å². The van der Waals surface area contributed by atoms with Crippen molar-refractivity contribution in [2.75, 3.05) is 6.54 Å². The van der Waals surface area contributed by atoms with Crippen LogP contribution in [-0.4, -0.2) is 42.1 Å². The van der Waals surface area contributed by atoms with Crippen LogP contribution in [0.25, 0.3) is 10.9 Å². The number of aromatic amines is 2. The first-order valence-corrected chi connectivity index (χ1v) is 10.4. The van der Waals surface area contributed by atoms with E-state index in [0.29, 0.717) is 30.6 Å². The number of carbonyl (C=O) groups is 1. The summed E-state index contributed by atoms with van der Waals surface area (Å²) >= 11 is 0. The Morgan fingerprint density at radius 1 is 1.31 bits per heavy atom. The predicted molar refractivity (Wildman–Crippen MR) is 108 cm³/mol. The molecule has 2 fully saturated rings. The molecule has 3 aromatic heterocycles. The van der Waals surface area contributed by atoms with E-state index >= 15 is 0 Å². The van der Waals surface area contributed by atoms with Crippen LogP contribution in [0.3, 0.4) is 0 Å². The highest BCUT2D eigenvalue weighted by molar-refractivity contribution is 5.88. The number of fused-ring (bicyclic) bond motifs is 1.